The molecule has 0 aliphatic rings. The fourth-order valence-electron chi connectivity index (χ4n) is 1.77. The third kappa shape index (κ3) is 3.62. The van der Waals surface area contributed by atoms with Gasteiger partial charge in [-0.25, -0.2) is 4.98 Å². The number of nitrogens with two attached hydrogens (primary N) is 1. The first kappa shape index (κ1) is 13.7. The van der Waals surface area contributed by atoms with Crippen molar-refractivity contribution in [2.45, 2.75) is 25.8 Å². The monoisotopic (exact) mass is 275 g/mol. The zero-order valence-electron chi connectivity index (χ0n) is 10.8. The maximum absolute atomic E-state index is 11.9. The van der Waals surface area contributed by atoms with Crippen LogP contribution in [0.25, 0.3) is 10.6 Å². The third-order valence-electron chi connectivity index (χ3n) is 2.75. The summed E-state index contributed by atoms with van der Waals surface area (Å²) in [6, 6.07) is 7.19. The molecule has 3 N–H and O–H groups in total. The first-order valence-corrected chi connectivity index (χ1v) is 7.15. The molecule has 0 aliphatic heterocycles. The van der Waals surface area contributed by atoms with Crippen LogP contribution in [0.2, 0.25) is 0 Å². The predicted molar refractivity (Wildman–Crippen MR) is 79.1 cm³/mol. The molecule has 0 saturated heterocycles. The summed E-state index contributed by atoms with van der Waals surface area (Å²) in [6.07, 6.45) is 3.36. The van der Waals surface area contributed by atoms with E-state index in [2.05, 4.69) is 10.3 Å². The number of aromatic nitrogens is 1. The number of carbonyl (C=O) groups excluding carboxylic acids is 1. The van der Waals surface area contributed by atoms with E-state index in [4.69, 9.17) is 5.73 Å². The minimum Gasteiger partial charge on any atom is -0.325 e. The van der Waals surface area contributed by atoms with Crippen molar-refractivity contribution >= 4 is 22.9 Å². The largest absolute Gasteiger partial charge is 0.325 e. The molecule has 5 heteroatoms. The SMILES string of the molecule is CCC[C@H](N)C(=O)Nc1cccc(-c2nccs2)c1. The summed E-state index contributed by atoms with van der Waals surface area (Å²) in [4.78, 5) is 16.1. The molecule has 4 nitrogen and oxygen atoms in total. The van der Waals surface area contributed by atoms with Gasteiger partial charge in [0.15, 0.2) is 0 Å². The van der Waals surface area contributed by atoms with Crippen molar-refractivity contribution in [3.8, 4) is 10.6 Å². The number of hydrogen-bond acceptors (Lipinski definition) is 4. The van der Waals surface area contributed by atoms with Crippen LogP contribution < -0.4 is 11.1 Å². The Bertz CT molecular complexity index is 539. The highest BCUT2D eigenvalue weighted by atomic mass is 32.1. The second-order valence-electron chi connectivity index (χ2n) is 4.30. The van der Waals surface area contributed by atoms with Crippen LogP contribution in [0.15, 0.2) is 35.8 Å². The molecule has 1 aromatic carbocycles. The fourth-order valence-corrected chi connectivity index (χ4v) is 2.41. The van der Waals surface area contributed by atoms with Gasteiger partial charge in [-0.2, -0.15) is 0 Å². The van der Waals surface area contributed by atoms with E-state index in [0.29, 0.717) is 6.42 Å². The van der Waals surface area contributed by atoms with E-state index >= 15 is 0 Å². The molecule has 0 saturated carbocycles. The number of benzene rings is 1. The van der Waals surface area contributed by atoms with Crippen LogP contribution >= 0.6 is 11.3 Å². The van der Waals surface area contributed by atoms with Gasteiger partial charge >= 0.3 is 0 Å². The van der Waals surface area contributed by atoms with Crippen molar-refractivity contribution in [3.05, 3.63) is 35.8 Å². The smallest absolute Gasteiger partial charge is 0.241 e. The van der Waals surface area contributed by atoms with Gasteiger partial charge in [0.25, 0.3) is 0 Å². The number of nitrogens with one attached hydrogen (secondary N) is 1. The van der Waals surface area contributed by atoms with Gasteiger partial charge in [0.05, 0.1) is 6.04 Å². The lowest BCUT2D eigenvalue weighted by atomic mass is 10.1. The molecule has 1 aromatic heterocycles. The first-order valence-electron chi connectivity index (χ1n) is 6.27. The molecular formula is C14H17N3OS. The van der Waals surface area contributed by atoms with E-state index < -0.39 is 6.04 Å². The lowest BCUT2D eigenvalue weighted by Crippen LogP contribution is -2.35. The van der Waals surface area contributed by atoms with Crippen molar-refractivity contribution in [1.29, 1.82) is 0 Å². The summed E-state index contributed by atoms with van der Waals surface area (Å²) in [5.41, 5.74) is 7.54. The van der Waals surface area contributed by atoms with Gasteiger partial charge in [0.1, 0.15) is 5.01 Å². The zero-order chi connectivity index (χ0) is 13.7. The Kier molecular flexibility index (Phi) is 4.65. The number of amides is 1. The van der Waals surface area contributed by atoms with Crippen LogP contribution in [0, 0.1) is 0 Å². The van der Waals surface area contributed by atoms with E-state index in [1.807, 2.05) is 36.6 Å². The highest BCUT2D eigenvalue weighted by Gasteiger charge is 2.12. The number of rotatable bonds is 5. The molecule has 0 unspecified atom stereocenters. The highest BCUT2D eigenvalue weighted by Crippen LogP contribution is 2.24. The van der Waals surface area contributed by atoms with Crippen LogP contribution in [0.3, 0.4) is 0 Å². The molecule has 0 spiro atoms. The molecule has 19 heavy (non-hydrogen) atoms. The Morgan fingerprint density at radius 1 is 1.53 bits per heavy atom. The van der Waals surface area contributed by atoms with Gasteiger partial charge in [-0.05, 0) is 18.6 Å². The second-order valence-corrected chi connectivity index (χ2v) is 5.20. The lowest BCUT2D eigenvalue weighted by molar-refractivity contribution is -0.117. The Morgan fingerprint density at radius 3 is 3.05 bits per heavy atom. The molecular weight excluding hydrogens is 258 g/mol. The van der Waals surface area contributed by atoms with Crippen molar-refractivity contribution in [1.82, 2.24) is 4.98 Å². The van der Waals surface area contributed by atoms with Crippen molar-refractivity contribution in [3.63, 3.8) is 0 Å². The summed E-state index contributed by atoms with van der Waals surface area (Å²) in [5.74, 6) is -0.141. The summed E-state index contributed by atoms with van der Waals surface area (Å²) < 4.78 is 0. The standard InChI is InChI=1S/C14H17N3OS/c1-2-4-12(15)13(18)17-11-6-3-5-10(9-11)14-16-7-8-19-14/h3,5-9,12H,2,4,15H2,1H3,(H,17,18)/t12-/m0/s1. The van der Waals surface area contributed by atoms with Crippen LogP contribution in [0.5, 0.6) is 0 Å². The van der Waals surface area contributed by atoms with E-state index in [1.165, 1.54) is 0 Å². The van der Waals surface area contributed by atoms with E-state index in [1.54, 1.807) is 17.5 Å². The van der Waals surface area contributed by atoms with Gasteiger partial charge in [0, 0.05) is 22.8 Å². The summed E-state index contributed by atoms with van der Waals surface area (Å²) in [7, 11) is 0. The van der Waals surface area contributed by atoms with Gasteiger partial charge in [-0.15, -0.1) is 11.3 Å². The maximum Gasteiger partial charge on any atom is 0.241 e. The quantitative estimate of drug-likeness (QED) is 0.881. The molecule has 0 fully saturated rings. The molecule has 2 aromatic rings. The summed E-state index contributed by atoms with van der Waals surface area (Å²) in [5, 5.41) is 5.71. The minimum absolute atomic E-state index is 0.141. The molecule has 1 heterocycles. The zero-order valence-corrected chi connectivity index (χ0v) is 11.6. The van der Waals surface area contributed by atoms with Crippen molar-refractivity contribution in [2.24, 2.45) is 5.73 Å². The van der Waals surface area contributed by atoms with Gasteiger partial charge in [-0.3, -0.25) is 4.79 Å². The maximum atomic E-state index is 11.9. The molecule has 0 aliphatic carbocycles. The number of hydrogen-bond donors (Lipinski definition) is 2. The van der Waals surface area contributed by atoms with E-state index in [0.717, 1.165) is 22.7 Å². The van der Waals surface area contributed by atoms with Crippen molar-refractivity contribution in [2.75, 3.05) is 5.32 Å². The molecule has 1 amide bonds. The normalized spacial score (nSPS) is 12.1. The van der Waals surface area contributed by atoms with Gasteiger partial charge in [0.2, 0.25) is 5.91 Å². The Morgan fingerprint density at radius 2 is 2.37 bits per heavy atom. The number of nitrogens with zero attached hydrogens (tertiary/aromatic N) is 1. The Hall–Kier alpha value is -1.72. The summed E-state index contributed by atoms with van der Waals surface area (Å²) >= 11 is 1.57. The van der Waals surface area contributed by atoms with Crippen molar-refractivity contribution < 1.29 is 4.79 Å². The number of carbonyl (C=O) groups is 1. The van der Waals surface area contributed by atoms with Gasteiger partial charge < -0.3 is 11.1 Å². The molecule has 0 radical (unpaired) electrons. The molecule has 100 valence electrons. The number of anilines is 1. The second kappa shape index (κ2) is 6.45. The first-order chi connectivity index (χ1) is 9.20. The number of thiazole rings is 1. The lowest BCUT2D eigenvalue weighted by Gasteiger charge is -2.11. The van der Waals surface area contributed by atoms with E-state index in [9.17, 15) is 4.79 Å². The average Bonchev–Trinajstić information content (AvgIpc) is 2.93. The third-order valence-corrected chi connectivity index (χ3v) is 3.57. The molecule has 2 rings (SSSR count). The predicted octanol–water partition coefficient (Wildman–Crippen LogP) is 2.88. The van der Waals surface area contributed by atoms with Gasteiger partial charge in [-0.1, -0.05) is 25.5 Å². The highest BCUT2D eigenvalue weighted by molar-refractivity contribution is 7.13. The molecule has 1 atom stereocenters. The topological polar surface area (TPSA) is 68.0 Å². The van der Waals surface area contributed by atoms with Crippen LogP contribution in [-0.4, -0.2) is 16.9 Å². The fraction of sp³-hybridized carbons (Fsp3) is 0.286. The summed E-state index contributed by atoms with van der Waals surface area (Å²) in [6.45, 7) is 2.01. The van der Waals surface area contributed by atoms with Crippen LogP contribution in [-0.2, 0) is 4.79 Å². The Labute approximate surface area is 116 Å². The molecule has 0 bridgehead atoms. The average molecular weight is 275 g/mol. The van der Waals surface area contributed by atoms with Crippen LogP contribution in [0.1, 0.15) is 19.8 Å². The Balaban J connectivity index is 2.09. The van der Waals surface area contributed by atoms with Crippen LogP contribution in [0.4, 0.5) is 5.69 Å². The minimum atomic E-state index is -0.450. The van der Waals surface area contributed by atoms with E-state index in [-0.39, 0.29) is 5.91 Å².